The van der Waals surface area contributed by atoms with Gasteiger partial charge in [0.2, 0.25) is 5.91 Å². The zero-order chi connectivity index (χ0) is 14.0. The summed E-state index contributed by atoms with van der Waals surface area (Å²) in [5.41, 5.74) is 1.22. The summed E-state index contributed by atoms with van der Waals surface area (Å²) < 4.78 is 0. The third-order valence-corrected chi connectivity index (χ3v) is 2.79. The van der Waals surface area contributed by atoms with Crippen molar-refractivity contribution in [2.75, 3.05) is 5.32 Å². The summed E-state index contributed by atoms with van der Waals surface area (Å²) in [7, 11) is 0. The normalized spacial score (nSPS) is 10.9. The van der Waals surface area contributed by atoms with Crippen LogP contribution in [0.1, 0.15) is 30.6 Å². The van der Waals surface area contributed by atoms with Crippen molar-refractivity contribution in [1.29, 1.82) is 0 Å². The van der Waals surface area contributed by atoms with Crippen LogP contribution in [0.25, 0.3) is 10.9 Å². The first-order valence-corrected chi connectivity index (χ1v) is 6.11. The van der Waals surface area contributed by atoms with Gasteiger partial charge in [0.05, 0.1) is 11.3 Å². The van der Waals surface area contributed by atoms with E-state index in [-0.39, 0.29) is 17.4 Å². The molecular weight excluding hydrogens is 244 g/mol. The first-order chi connectivity index (χ1) is 8.97. The number of carboxylic acids is 1. The van der Waals surface area contributed by atoms with E-state index in [1.807, 2.05) is 13.8 Å². The molecule has 0 aliphatic rings. The van der Waals surface area contributed by atoms with E-state index < -0.39 is 5.97 Å². The lowest BCUT2D eigenvalue weighted by molar-refractivity contribution is -0.116. The number of nitrogens with one attached hydrogen (secondary N) is 2. The van der Waals surface area contributed by atoms with E-state index in [4.69, 9.17) is 0 Å². The average molecular weight is 260 g/mol. The Morgan fingerprint density at radius 3 is 2.74 bits per heavy atom. The molecule has 0 aliphatic carbocycles. The van der Waals surface area contributed by atoms with Crippen molar-refractivity contribution >= 4 is 28.5 Å². The van der Waals surface area contributed by atoms with Crippen LogP contribution in [0.5, 0.6) is 0 Å². The van der Waals surface area contributed by atoms with Gasteiger partial charge in [-0.05, 0) is 24.1 Å². The van der Waals surface area contributed by atoms with Crippen LogP contribution >= 0.6 is 0 Å². The fourth-order valence-electron chi connectivity index (χ4n) is 1.95. The summed E-state index contributed by atoms with van der Waals surface area (Å²) in [5.74, 6) is -1.01. The number of rotatable bonds is 4. The van der Waals surface area contributed by atoms with Gasteiger partial charge in [-0.3, -0.25) is 4.79 Å². The Bertz CT molecular complexity index is 629. The fourth-order valence-corrected chi connectivity index (χ4v) is 1.95. The maximum atomic E-state index is 11.8. The minimum absolute atomic E-state index is 0.101. The van der Waals surface area contributed by atoms with Gasteiger partial charge in [0.25, 0.3) is 0 Å². The van der Waals surface area contributed by atoms with E-state index in [1.54, 1.807) is 24.4 Å². The van der Waals surface area contributed by atoms with Crippen molar-refractivity contribution in [1.82, 2.24) is 4.98 Å². The first kappa shape index (κ1) is 13.1. The molecule has 0 bridgehead atoms. The number of fused-ring (bicyclic) bond motifs is 1. The maximum Gasteiger partial charge on any atom is 0.337 e. The third-order valence-electron chi connectivity index (χ3n) is 2.79. The van der Waals surface area contributed by atoms with E-state index in [2.05, 4.69) is 10.3 Å². The molecule has 1 heterocycles. The molecule has 100 valence electrons. The van der Waals surface area contributed by atoms with Gasteiger partial charge in [-0.15, -0.1) is 0 Å². The van der Waals surface area contributed by atoms with Crippen LogP contribution in [0.2, 0.25) is 0 Å². The van der Waals surface area contributed by atoms with Crippen LogP contribution in [-0.2, 0) is 4.79 Å². The minimum Gasteiger partial charge on any atom is -0.478 e. The van der Waals surface area contributed by atoms with Crippen LogP contribution in [0.3, 0.4) is 0 Å². The molecule has 2 rings (SSSR count). The zero-order valence-corrected chi connectivity index (χ0v) is 10.9. The molecule has 1 amide bonds. The number of anilines is 1. The van der Waals surface area contributed by atoms with Crippen LogP contribution in [0.15, 0.2) is 24.4 Å². The molecule has 0 radical (unpaired) electrons. The zero-order valence-electron chi connectivity index (χ0n) is 10.9. The number of aromatic carboxylic acids is 1. The highest BCUT2D eigenvalue weighted by atomic mass is 16.4. The molecule has 0 unspecified atom stereocenters. The van der Waals surface area contributed by atoms with Gasteiger partial charge in [0.15, 0.2) is 0 Å². The molecule has 3 N–H and O–H groups in total. The molecule has 0 aliphatic heterocycles. The summed E-state index contributed by atoms with van der Waals surface area (Å²) >= 11 is 0. The molecule has 5 heteroatoms. The van der Waals surface area contributed by atoms with Gasteiger partial charge in [-0.1, -0.05) is 13.8 Å². The molecule has 1 aromatic carbocycles. The number of benzene rings is 1. The second kappa shape index (κ2) is 5.14. The monoisotopic (exact) mass is 260 g/mol. The van der Waals surface area contributed by atoms with Gasteiger partial charge in [0.1, 0.15) is 0 Å². The quantitative estimate of drug-likeness (QED) is 0.790. The number of hydrogen-bond acceptors (Lipinski definition) is 2. The highest BCUT2D eigenvalue weighted by Crippen LogP contribution is 2.24. The molecular formula is C14H16N2O3. The number of amides is 1. The number of carbonyl (C=O) groups excluding carboxylic acids is 1. The number of H-pyrrole nitrogens is 1. The Hall–Kier alpha value is -2.30. The number of aromatic amines is 1. The van der Waals surface area contributed by atoms with Crippen molar-refractivity contribution in [2.24, 2.45) is 5.92 Å². The second-order valence-electron chi connectivity index (χ2n) is 4.91. The van der Waals surface area contributed by atoms with E-state index in [1.165, 1.54) is 0 Å². The standard InChI is InChI=1S/C14H16N2O3/c1-8(2)5-13(17)16-12-7-11-9(3-4-15-11)6-10(12)14(18)19/h3-4,6-8,15H,5H2,1-2H3,(H,16,17)(H,18,19). The van der Waals surface area contributed by atoms with Crippen LogP contribution in [0, 0.1) is 5.92 Å². The summed E-state index contributed by atoms with van der Waals surface area (Å²) in [6.45, 7) is 3.87. The largest absolute Gasteiger partial charge is 0.478 e. The molecule has 19 heavy (non-hydrogen) atoms. The van der Waals surface area contributed by atoms with Crippen LogP contribution in [-0.4, -0.2) is 22.0 Å². The smallest absolute Gasteiger partial charge is 0.337 e. The number of hydrogen-bond donors (Lipinski definition) is 3. The van der Waals surface area contributed by atoms with Crippen LogP contribution in [0.4, 0.5) is 5.69 Å². The third kappa shape index (κ3) is 2.93. The Morgan fingerprint density at radius 2 is 2.11 bits per heavy atom. The highest BCUT2D eigenvalue weighted by Gasteiger charge is 2.15. The predicted octanol–water partition coefficient (Wildman–Crippen LogP) is 2.85. The molecule has 0 atom stereocenters. The first-order valence-electron chi connectivity index (χ1n) is 6.11. The van der Waals surface area contributed by atoms with Gasteiger partial charge in [-0.25, -0.2) is 4.79 Å². The van der Waals surface area contributed by atoms with Crippen molar-refractivity contribution in [2.45, 2.75) is 20.3 Å². The maximum absolute atomic E-state index is 11.8. The van der Waals surface area contributed by atoms with E-state index in [0.29, 0.717) is 12.1 Å². The lowest BCUT2D eigenvalue weighted by Gasteiger charge is -2.10. The summed E-state index contributed by atoms with van der Waals surface area (Å²) in [5, 5.41) is 12.7. The molecule has 2 aromatic rings. The Labute approximate surface area is 110 Å². The number of aromatic nitrogens is 1. The lowest BCUT2D eigenvalue weighted by atomic mass is 10.1. The van der Waals surface area contributed by atoms with Gasteiger partial charge in [0, 0.05) is 23.5 Å². The molecule has 5 nitrogen and oxygen atoms in total. The number of carboxylic acid groups (broad SMARTS) is 1. The van der Waals surface area contributed by atoms with E-state index in [0.717, 1.165) is 10.9 Å². The van der Waals surface area contributed by atoms with Crippen molar-refractivity contribution in [3.63, 3.8) is 0 Å². The second-order valence-corrected chi connectivity index (χ2v) is 4.91. The SMILES string of the molecule is CC(C)CC(=O)Nc1cc2[nH]ccc2cc1C(=O)O. The Balaban J connectivity index is 2.36. The minimum atomic E-state index is -1.05. The Kier molecular flexibility index (Phi) is 3.55. The predicted molar refractivity (Wildman–Crippen MR) is 73.3 cm³/mol. The van der Waals surface area contributed by atoms with Gasteiger partial charge in [-0.2, -0.15) is 0 Å². The van der Waals surface area contributed by atoms with Gasteiger partial charge >= 0.3 is 5.97 Å². The van der Waals surface area contributed by atoms with Crippen molar-refractivity contribution in [3.05, 3.63) is 30.0 Å². The average Bonchev–Trinajstić information content (AvgIpc) is 2.73. The van der Waals surface area contributed by atoms with Crippen molar-refractivity contribution < 1.29 is 14.7 Å². The molecule has 1 aromatic heterocycles. The van der Waals surface area contributed by atoms with Crippen LogP contribution < -0.4 is 5.32 Å². The summed E-state index contributed by atoms with van der Waals surface area (Å²) in [6.07, 6.45) is 2.10. The summed E-state index contributed by atoms with van der Waals surface area (Å²) in [4.78, 5) is 26.0. The van der Waals surface area contributed by atoms with E-state index in [9.17, 15) is 14.7 Å². The van der Waals surface area contributed by atoms with Gasteiger partial charge < -0.3 is 15.4 Å². The molecule has 0 spiro atoms. The molecule has 0 saturated carbocycles. The van der Waals surface area contributed by atoms with Crippen molar-refractivity contribution in [3.8, 4) is 0 Å². The topological polar surface area (TPSA) is 82.2 Å². The Morgan fingerprint density at radius 1 is 1.37 bits per heavy atom. The lowest BCUT2D eigenvalue weighted by Crippen LogP contribution is -2.16. The molecule has 0 fully saturated rings. The molecule has 0 saturated heterocycles. The fraction of sp³-hybridized carbons (Fsp3) is 0.286. The number of carbonyl (C=O) groups is 2. The summed E-state index contributed by atoms with van der Waals surface area (Å²) in [6, 6.07) is 5.00. The highest BCUT2D eigenvalue weighted by molar-refractivity contribution is 6.04. The van der Waals surface area contributed by atoms with E-state index >= 15 is 0 Å².